The van der Waals surface area contributed by atoms with Gasteiger partial charge in [-0.15, -0.1) is 0 Å². The average Bonchev–Trinajstić information content (AvgIpc) is 3.28. The predicted molar refractivity (Wildman–Crippen MR) is 110 cm³/mol. The Hall–Kier alpha value is -2.90. The van der Waals surface area contributed by atoms with Gasteiger partial charge in [0.25, 0.3) is 0 Å². The van der Waals surface area contributed by atoms with Crippen LogP contribution >= 0.6 is 0 Å². The van der Waals surface area contributed by atoms with Crippen LogP contribution in [-0.2, 0) is 16.0 Å². The summed E-state index contributed by atoms with van der Waals surface area (Å²) < 4.78 is 19.7. The fraction of sp³-hybridized carbons (Fsp3) is 0.476. The number of amides is 2. The lowest BCUT2D eigenvalue weighted by molar-refractivity contribution is -0.125. The molecule has 0 spiro atoms. The van der Waals surface area contributed by atoms with Crippen LogP contribution in [0.15, 0.2) is 29.8 Å². The van der Waals surface area contributed by atoms with Gasteiger partial charge in [0.1, 0.15) is 23.5 Å². The van der Waals surface area contributed by atoms with Gasteiger partial charge < -0.3 is 20.1 Å². The van der Waals surface area contributed by atoms with Gasteiger partial charge in [-0.1, -0.05) is 18.2 Å². The van der Waals surface area contributed by atoms with Gasteiger partial charge in [-0.25, -0.2) is 9.18 Å². The molecule has 1 aliphatic heterocycles. The number of ether oxygens (including phenoxy) is 1. The Kier molecular flexibility index (Phi) is 6.39. The Balaban J connectivity index is 1.73. The number of hydrogen-bond acceptors (Lipinski definition) is 6. The third-order valence-electron chi connectivity index (χ3n) is 5.27. The summed E-state index contributed by atoms with van der Waals surface area (Å²) in [6, 6.07) is 3.54. The van der Waals surface area contributed by atoms with Crippen molar-refractivity contribution in [1.82, 2.24) is 10.2 Å². The van der Waals surface area contributed by atoms with E-state index in [2.05, 4.69) is 5.32 Å². The van der Waals surface area contributed by atoms with Gasteiger partial charge in [-0.2, -0.15) is 5.26 Å². The summed E-state index contributed by atoms with van der Waals surface area (Å²) in [5.41, 5.74) is 0.223. The predicted octanol–water partition coefficient (Wildman–Crippen LogP) is 0.764. The second-order valence-corrected chi connectivity index (χ2v) is 8.78. The lowest BCUT2D eigenvalue weighted by atomic mass is 9.79. The second kappa shape index (κ2) is 8.69. The summed E-state index contributed by atoms with van der Waals surface area (Å²) in [7, 11) is -1.81. The SMILES string of the molecule is CC(C)(C)OC(=O)N1[C@@H]2CC=C(C2)[C@H]1C(=O)N[C@H](C#N)Cc1ccc(B(O)O)cc1F. The van der Waals surface area contributed by atoms with Gasteiger partial charge in [0.05, 0.1) is 6.07 Å². The number of likely N-dealkylation sites (tertiary alicyclic amines) is 1. The lowest BCUT2D eigenvalue weighted by Gasteiger charge is -2.33. The summed E-state index contributed by atoms with van der Waals surface area (Å²) in [6.45, 7) is 5.23. The van der Waals surface area contributed by atoms with Crippen LogP contribution in [0.5, 0.6) is 0 Å². The minimum atomic E-state index is -1.81. The quantitative estimate of drug-likeness (QED) is 0.469. The normalized spacial score (nSPS) is 20.7. The molecule has 2 aliphatic rings. The van der Waals surface area contributed by atoms with E-state index in [0.29, 0.717) is 12.8 Å². The Labute approximate surface area is 180 Å². The number of halogens is 1. The van der Waals surface area contributed by atoms with Crippen LogP contribution in [0, 0.1) is 17.1 Å². The third kappa shape index (κ3) is 5.06. The zero-order chi connectivity index (χ0) is 22.9. The molecule has 10 heteroatoms. The molecule has 0 radical (unpaired) electrons. The molecule has 3 atom stereocenters. The van der Waals surface area contributed by atoms with Crippen LogP contribution in [0.4, 0.5) is 9.18 Å². The van der Waals surface area contributed by atoms with Gasteiger partial charge in [-0.05, 0) is 56.3 Å². The molecule has 164 valence electrons. The number of rotatable bonds is 5. The van der Waals surface area contributed by atoms with Crippen molar-refractivity contribution in [3.05, 3.63) is 41.2 Å². The van der Waals surface area contributed by atoms with Gasteiger partial charge in [0, 0.05) is 12.5 Å². The van der Waals surface area contributed by atoms with E-state index in [0.717, 1.165) is 11.6 Å². The van der Waals surface area contributed by atoms with Crippen molar-refractivity contribution in [2.75, 3.05) is 0 Å². The number of nitriles is 1. The van der Waals surface area contributed by atoms with E-state index < -0.39 is 42.6 Å². The summed E-state index contributed by atoms with van der Waals surface area (Å²) in [5.74, 6) is -1.23. The maximum atomic E-state index is 14.3. The van der Waals surface area contributed by atoms with E-state index in [9.17, 15) is 19.2 Å². The maximum absolute atomic E-state index is 14.3. The summed E-state index contributed by atoms with van der Waals surface area (Å²) >= 11 is 0. The maximum Gasteiger partial charge on any atom is 0.488 e. The van der Waals surface area contributed by atoms with E-state index >= 15 is 0 Å². The highest BCUT2D eigenvalue weighted by Crippen LogP contribution is 2.38. The Morgan fingerprint density at radius 3 is 2.71 bits per heavy atom. The van der Waals surface area contributed by atoms with Crippen LogP contribution < -0.4 is 10.8 Å². The molecule has 3 rings (SSSR count). The van der Waals surface area contributed by atoms with Crippen LogP contribution in [0.2, 0.25) is 0 Å². The molecule has 31 heavy (non-hydrogen) atoms. The van der Waals surface area contributed by atoms with E-state index in [1.807, 2.05) is 12.1 Å². The van der Waals surface area contributed by atoms with Crippen LogP contribution in [0.1, 0.15) is 39.2 Å². The number of nitrogens with zero attached hydrogens (tertiary/aromatic N) is 2. The zero-order valence-electron chi connectivity index (χ0n) is 17.6. The van der Waals surface area contributed by atoms with Crippen molar-refractivity contribution in [2.45, 2.75) is 63.8 Å². The van der Waals surface area contributed by atoms with E-state index in [-0.39, 0.29) is 23.5 Å². The molecule has 1 aromatic rings. The first-order valence-electron chi connectivity index (χ1n) is 10.0. The first kappa shape index (κ1) is 22.8. The molecule has 1 saturated heterocycles. The van der Waals surface area contributed by atoms with Gasteiger partial charge in [0.15, 0.2) is 0 Å². The Bertz CT molecular complexity index is 953. The Morgan fingerprint density at radius 2 is 2.13 bits per heavy atom. The molecule has 1 heterocycles. The number of nitrogens with one attached hydrogen (secondary N) is 1. The third-order valence-corrected chi connectivity index (χ3v) is 5.27. The highest BCUT2D eigenvalue weighted by atomic mass is 19.1. The molecular weight excluding hydrogens is 404 g/mol. The van der Waals surface area contributed by atoms with Crippen LogP contribution in [-0.4, -0.2) is 57.8 Å². The minimum absolute atomic E-state index is 0.0132. The highest BCUT2D eigenvalue weighted by Gasteiger charge is 2.48. The van der Waals surface area contributed by atoms with Crippen molar-refractivity contribution < 1.29 is 28.8 Å². The summed E-state index contributed by atoms with van der Waals surface area (Å²) in [6.07, 6.45) is 2.45. The molecule has 3 N–H and O–H groups in total. The Morgan fingerprint density at radius 1 is 1.42 bits per heavy atom. The lowest BCUT2D eigenvalue weighted by Crippen LogP contribution is -2.53. The van der Waals surface area contributed by atoms with Gasteiger partial charge in [0.2, 0.25) is 5.91 Å². The molecule has 1 aliphatic carbocycles. The van der Waals surface area contributed by atoms with Gasteiger partial charge >= 0.3 is 13.2 Å². The molecule has 1 fully saturated rings. The highest BCUT2D eigenvalue weighted by molar-refractivity contribution is 6.58. The van der Waals surface area contributed by atoms with Crippen molar-refractivity contribution in [3.63, 3.8) is 0 Å². The average molecular weight is 429 g/mol. The number of carbonyl (C=O) groups is 2. The van der Waals surface area contributed by atoms with E-state index in [1.165, 1.54) is 17.0 Å². The molecule has 1 aromatic carbocycles. The standard InChI is InChI=1S/C21H25BFN3O5/c1-21(2,3)31-20(28)26-16-7-5-13(9-16)18(26)19(27)25-15(11-24)8-12-4-6-14(22(29)30)10-17(12)23/h4-6,10,15-16,18,29-30H,7-9H2,1-3H3,(H,25,27)/t15-,16+,18-/m0/s1. The smallest absolute Gasteiger partial charge is 0.444 e. The second-order valence-electron chi connectivity index (χ2n) is 8.78. The number of benzene rings is 1. The first-order valence-corrected chi connectivity index (χ1v) is 10.0. The molecule has 2 bridgehead atoms. The zero-order valence-corrected chi connectivity index (χ0v) is 17.6. The van der Waals surface area contributed by atoms with Crippen molar-refractivity contribution in [2.24, 2.45) is 0 Å². The van der Waals surface area contributed by atoms with Crippen molar-refractivity contribution in [1.29, 1.82) is 5.26 Å². The van der Waals surface area contributed by atoms with Crippen LogP contribution in [0.3, 0.4) is 0 Å². The van der Waals surface area contributed by atoms with Crippen molar-refractivity contribution >= 4 is 24.6 Å². The fourth-order valence-electron chi connectivity index (χ4n) is 3.90. The summed E-state index contributed by atoms with van der Waals surface area (Å²) in [4.78, 5) is 27.1. The van der Waals surface area contributed by atoms with Gasteiger partial charge in [-0.3, -0.25) is 9.69 Å². The molecule has 2 amide bonds. The van der Waals surface area contributed by atoms with Crippen molar-refractivity contribution in [3.8, 4) is 6.07 Å². The first-order chi connectivity index (χ1) is 14.5. The summed E-state index contributed by atoms with van der Waals surface area (Å²) in [5, 5.41) is 30.3. The number of carbonyl (C=O) groups excluding carboxylic acids is 2. The minimum Gasteiger partial charge on any atom is -0.444 e. The number of hydrogen-bond donors (Lipinski definition) is 3. The van der Waals surface area contributed by atoms with E-state index in [1.54, 1.807) is 20.8 Å². The molecule has 0 unspecified atom stereocenters. The molecule has 8 nitrogen and oxygen atoms in total. The molecule has 0 saturated carbocycles. The molecular formula is C21H25BFN3O5. The monoisotopic (exact) mass is 429 g/mol. The fourth-order valence-corrected chi connectivity index (χ4v) is 3.90. The van der Waals surface area contributed by atoms with Crippen LogP contribution in [0.25, 0.3) is 0 Å². The number of fused-ring (bicyclic) bond motifs is 2. The van der Waals surface area contributed by atoms with E-state index in [4.69, 9.17) is 14.8 Å². The molecule has 0 aromatic heterocycles. The topological polar surface area (TPSA) is 123 Å². The largest absolute Gasteiger partial charge is 0.488 e.